The van der Waals surface area contributed by atoms with Crippen LogP contribution in [-0.4, -0.2) is 80.4 Å². The smallest absolute Gasteiger partial charge is 0.227 e. The quantitative estimate of drug-likeness (QED) is 0.749. The third kappa shape index (κ3) is 3.20. The van der Waals surface area contributed by atoms with Crippen LogP contribution in [0.25, 0.3) is 0 Å². The van der Waals surface area contributed by atoms with E-state index in [0.29, 0.717) is 39.4 Å². The van der Waals surface area contributed by atoms with E-state index in [2.05, 4.69) is 19.8 Å². The predicted octanol–water partition coefficient (Wildman–Crippen LogP) is -0.0726. The molecule has 0 unspecified atom stereocenters. The molecule has 0 bridgehead atoms. The van der Waals surface area contributed by atoms with Gasteiger partial charge in [-0.05, 0) is 18.9 Å². The van der Waals surface area contributed by atoms with Crippen LogP contribution in [0.1, 0.15) is 12.8 Å². The van der Waals surface area contributed by atoms with Crippen LogP contribution >= 0.6 is 0 Å². The minimum absolute atomic E-state index is 0.129. The number of nitrogens with zero attached hydrogens (tertiary/aromatic N) is 5. The van der Waals surface area contributed by atoms with Crippen molar-refractivity contribution in [3.8, 4) is 0 Å². The van der Waals surface area contributed by atoms with E-state index in [-0.39, 0.29) is 5.25 Å². The molecule has 24 heavy (non-hydrogen) atoms. The summed E-state index contributed by atoms with van der Waals surface area (Å²) in [5, 5.41) is -0.129. The summed E-state index contributed by atoms with van der Waals surface area (Å²) in [5.41, 5.74) is 0. The number of sulfonamides is 1. The molecule has 0 amide bonds. The number of ether oxygens (including phenoxy) is 1. The van der Waals surface area contributed by atoms with Gasteiger partial charge in [0.15, 0.2) is 0 Å². The molecule has 2 saturated heterocycles. The van der Waals surface area contributed by atoms with E-state index >= 15 is 0 Å². The first-order chi connectivity index (χ1) is 11.6. The van der Waals surface area contributed by atoms with E-state index in [1.807, 2.05) is 6.07 Å². The summed E-state index contributed by atoms with van der Waals surface area (Å²) in [4.78, 5) is 13.3. The van der Waals surface area contributed by atoms with Crippen molar-refractivity contribution in [1.29, 1.82) is 0 Å². The van der Waals surface area contributed by atoms with Crippen LogP contribution in [0.2, 0.25) is 0 Å². The zero-order chi connectivity index (χ0) is 16.6. The molecule has 0 atom stereocenters. The van der Waals surface area contributed by atoms with E-state index in [1.54, 1.807) is 10.5 Å². The van der Waals surface area contributed by atoms with Crippen LogP contribution in [0, 0.1) is 0 Å². The Morgan fingerprint density at radius 2 is 1.71 bits per heavy atom. The molecule has 0 spiro atoms. The van der Waals surface area contributed by atoms with Gasteiger partial charge in [0.05, 0.1) is 18.5 Å². The van der Waals surface area contributed by atoms with Crippen molar-refractivity contribution in [2.45, 2.75) is 18.1 Å². The Labute approximate surface area is 142 Å². The van der Waals surface area contributed by atoms with Crippen molar-refractivity contribution in [3.63, 3.8) is 0 Å². The zero-order valence-electron chi connectivity index (χ0n) is 13.7. The number of piperazine rings is 1. The Morgan fingerprint density at radius 1 is 1.00 bits per heavy atom. The van der Waals surface area contributed by atoms with Gasteiger partial charge in [-0.2, -0.15) is 9.29 Å². The van der Waals surface area contributed by atoms with Gasteiger partial charge in [-0.15, -0.1) is 0 Å². The Morgan fingerprint density at radius 3 is 2.38 bits per heavy atom. The van der Waals surface area contributed by atoms with Crippen molar-refractivity contribution < 1.29 is 13.2 Å². The van der Waals surface area contributed by atoms with E-state index in [0.717, 1.165) is 37.7 Å². The molecule has 132 valence electrons. The third-order valence-electron chi connectivity index (χ3n) is 4.79. The first kappa shape index (κ1) is 16.0. The average Bonchev–Trinajstić information content (AvgIpc) is 3.48. The second-order valence-corrected chi connectivity index (χ2v) is 8.66. The molecule has 9 heteroatoms. The largest absolute Gasteiger partial charge is 0.378 e. The van der Waals surface area contributed by atoms with Crippen molar-refractivity contribution >= 4 is 21.8 Å². The summed E-state index contributed by atoms with van der Waals surface area (Å²) < 4.78 is 31.6. The van der Waals surface area contributed by atoms with Gasteiger partial charge in [0.25, 0.3) is 0 Å². The van der Waals surface area contributed by atoms with E-state index in [9.17, 15) is 8.42 Å². The minimum Gasteiger partial charge on any atom is -0.378 e. The second kappa shape index (κ2) is 6.45. The standard InChI is InChI=1S/C15H23N5O3S/c21-24(22,13-1-2-13)20-7-5-18(6-8-20)14-3-4-16-15(17-14)19-9-11-23-12-10-19/h3-4,13H,1-2,5-12H2. The van der Waals surface area contributed by atoms with Crippen molar-refractivity contribution in [2.75, 3.05) is 62.3 Å². The Balaban J connectivity index is 1.42. The van der Waals surface area contributed by atoms with E-state index in [4.69, 9.17) is 4.74 Å². The van der Waals surface area contributed by atoms with Crippen LogP contribution in [-0.2, 0) is 14.8 Å². The molecule has 1 saturated carbocycles. The molecule has 1 aliphatic carbocycles. The van der Waals surface area contributed by atoms with Gasteiger partial charge >= 0.3 is 0 Å². The molecular formula is C15H23N5O3S. The Hall–Kier alpha value is -1.45. The number of morpholine rings is 1. The molecule has 0 aromatic carbocycles. The predicted molar refractivity (Wildman–Crippen MR) is 90.8 cm³/mol. The molecule has 4 rings (SSSR count). The van der Waals surface area contributed by atoms with Crippen LogP contribution < -0.4 is 9.80 Å². The summed E-state index contributed by atoms with van der Waals surface area (Å²) in [6.07, 6.45) is 3.41. The summed E-state index contributed by atoms with van der Waals surface area (Å²) in [6, 6.07) is 1.90. The highest BCUT2D eigenvalue weighted by atomic mass is 32.2. The summed E-state index contributed by atoms with van der Waals surface area (Å²) >= 11 is 0. The summed E-state index contributed by atoms with van der Waals surface area (Å²) in [5.74, 6) is 1.60. The maximum Gasteiger partial charge on any atom is 0.227 e. The van der Waals surface area contributed by atoms with Crippen molar-refractivity contribution in [2.24, 2.45) is 0 Å². The monoisotopic (exact) mass is 353 g/mol. The molecule has 1 aromatic rings. The maximum atomic E-state index is 12.3. The van der Waals surface area contributed by atoms with E-state index < -0.39 is 10.0 Å². The van der Waals surface area contributed by atoms with Gasteiger partial charge in [0, 0.05) is 45.5 Å². The number of rotatable bonds is 4. The molecule has 1 aromatic heterocycles. The fraction of sp³-hybridized carbons (Fsp3) is 0.733. The van der Waals surface area contributed by atoms with Crippen LogP contribution in [0.3, 0.4) is 0 Å². The summed E-state index contributed by atoms with van der Waals surface area (Å²) in [7, 11) is -3.07. The van der Waals surface area contributed by atoms with Gasteiger partial charge in [0.1, 0.15) is 5.82 Å². The van der Waals surface area contributed by atoms with Gasteiger partial charge in [-0.3, -0.25) is 0 Å². The van der Waals surface area contributed by atoms with Crippen LogP contribution in [0.5, 0.6) is 0 Å². The molecule has 3 heterocycles. The van der Waals surface area contributed by atoms with Crippen molar-refractivity contribution in [1.82, 2.24) is 14.3 Å². The maximum absolute atomic E-state index is 12.3. The summed E-state index contributed by atoms with van der Waals surface area (Å²) in [6.45, 7) is 5.42. The highest BCUT2D eigenvalue weighted by molar-refractivity contribution is 7.90. The lowest BCUT2D eigenvalue weighted by atomic mass is 10.3. The normalized spacial score (nSPS) is 23.5. The lowest BCUT2D eigenvalue weighted by Gasteiger charge is -2.35. The van der Waals surface area contributed by atoms with Gasteiger partial charge < -0.3 is 14.5 Å². The third-order valence-corrected chi connectivity index (χ3v) is 7.19. The first-order valence-electron chi connectivity index (χ1n) is 8.54. The fourth-order valence-corrected chi connectivity index (χ4v) is 5.01. The lowest BCUT2D eigenvalue weighted by Crippen LogP contribution is -2.50. The van der Waals surface area contributed by atoms with Crippen molar-refractivity contribution in [3.05, 3.63) is 12.3 Å². The minimum atomic E-state index is -3.07. The molecular weight excluding hydrogens is 330 g/mol. The molecule has 3 fully saturated rings. The van der Waals surface area contributed by atoms with Gasteiger partial charge in [-0.25, -0.2) is 13.4 Å². The Bertz CT molecular complexity index is 680. The highest BCUT2D eigenvalue weighted by Gasteiger charge is 2.41. The molecule has 3 aliphatic rings. The first-order valence-corrected chi connectivity index (χ1v) is 10.0. The number of hydrogen-bond acceptors (Lipinski definition) is 7. The van der Waals surface area contributed by atoms with Crippen LogP contribution in [0.15, 0.2) is 12.3 Å². The fourth-order valence-electron chi connectivity index (χ4n) is 3.18. The lowest BCUT2D eigenvalue weighted by molar-refractivity contribution is 0.122. The number of anilines is 2. The van der Waals surface area contributed by atoms with Crippen LogP contribution in [0.4, 0.5) is 11.8 Å². The van der Waals surface area contributed by atoms with E-state index in [1.165, 1.54) is 0 Å². The van der Waals surface area contributed by atoms with Gasteiger partial charge in [-0.1, -0.05) is 0 Å². The Kier molecular flexibility index (Phi) is 4.31. The molecule has 8 nitrogen and oxygen atoms in total. The number of aromatic nitrogens is 2. The SMILES string of the molecule is O=S(=O)(C1CC1)N1CCN(c2ccnc(N3CCOCC3)n2)CC1. The second-order valence-electron chi connectivity index (χ2n) is 6.44. The molecule has 2 aliphatic heterocycles. The topological polar surface area (TPSA) is 78.9 Å². The van der Waals surface area contributed by atoms with Gasteiger partial charge in [0.2, 0.25) is 16.0 Å². The molecule has 0 radical (unpaired) electrons. The number of hydrogen-bond donors (Lipinski definition) is 0. The average molecular weight is 353 g/mol. The highest BCUT2D eigenvalue weighted by Crippen LogP contribution is 2.31. The zero-order valence-corrected chi connectivity index (χ0v) is 14.5. The molecule has 0 N–H and O–H groups in total.